The maximum absolute atomic E-state index is 12.2. The van der Waals surface area contributed by atoms with E-state index in [1.807, 2.05) is 0 Å². The average Bonchev–Trinajstić information content (AvgIpc) is 2.64. The number of halogens is 3. The van der Waals surface area contributed by atoms with Crippen LogP contribution < -0.4 is 5.32 Å². The Balaban J connectivity index is 3.16. The third kappa shape index (κ3) is 3.27. The van der Waals surface area contributed by atoms with Crippen molar-refractivity contribution >= 4 is 28.2 Å². The van der Waals surface area contributed by atoms with Crippen molar-refractivity contribution in [1.82, 2.24) is 0 Å². The fourth-order valence-electron chi connectivity index (χ4n) is 1.30. The molecule has 0 aliphatic carbocycles. The van der Waals surface area contributed by atoms with Gasteiger partial charge in [0.25, 0.3) is 0 Å². The molecule has 1 heterocycles. The van der Waals surface area contributed by atoms with E-state index in [0.29, 0.717) is 11.3 Å². The fraction of sp³-hybridized carbons (Fsp3) is 0.364. The molecule has 0 aliphatic heterocycles. The predicted molar refractivity (Wildman–Crippen MR) is 64.4 cm³/mol. The van der Waals surface area contributed by atoms with Crippen molar-refractivity contribution in [3.63, 3.8) is 0 Å². The van der Waals surface area contributed by atoms with Crippen molar-refractivity contribution in [2.75, 3.05) is 11.9 Å². The Morgan fingerprint density at radius 3 is 2.50 bits per heavy atom. The van der Waals surface area contributed by atoms with Gasteiger partial charge in [-0.2, -0.15) is 18.4 Å². The van der Waals surface area contributed by atoms with E-state index < -0.39 is 18.1 Å². The summed E-state index contributed by atoms with van der Waals surface area (Å²) < 4.78 is 41.2. The lowest BCUT2D eigenvalue weighted by molar-refractivity contribution is -0.167. The van der Waals surface area contributed by atoms with Crippen LogP contribution in [0.3, 0.4) is 0 Å². The number of esters is 1. The molecule has 20 heavy (non-hydrogen) atoms. The molecular formula is C11H9F3N2O3S. The highest BCUT2D eigenvalue weighted by molar-refractivity contribution is 7.18. The molecule has 5 nitrogen and oxygen atoms in total. The van der Waals surface area contributed by atoms with Gasteiger partial charge in [0.2, 0.25) is 0 Å². The van der Waals surface area contributed by atoms with Gasteiger partial charge in [-0.25, -0.2) is 4.79 Å². The molecule has 0 bridgehead atoms. The summed E-state index contributed by atoms with van der Waals surface area (Å²) in [5.74, 6) is -2.95. The zero-order valence-corrected chi connectivity index (χ0v) is 11.2. The summed E-state index contributed by atoms with van der Waals surface area (Å²) in [5.41, 5.74) is -0.0101. The lowest BCUT2D eigenvalue weighted by Crippen LogP contribution is -2.29. The maximum Gasteiger partial charge on any atom is 0.471 e. The lowest BCUT2D eigenvalue weighted by atomic mass is 10.2. The summed E-state index contributed by atoms with van der Waals surface area (Å²) in [6.45, 7) is 3.05. The minimum Gasteiger partial charge on any atom is -0.462 e. The summed E-state index contributed by atoms with van der Waals surface area (Å²) in [6, 6.07) is 1.66. The van der Waals surface area contributed by atoms with Gasteiger partial charge in [-0.15, -0.1) is 11.3 Å². The first-order chi connectivity index (χ1) is 9.22. The third-order valence-electron chi connectivity index (χ3n) is 2.20. The molecule has 0 unspecified atom stereocenters. The Hall–Kier alpha value is -2.08. The molecule has 1 N–H and O–H groups in total. The molecule has 0 aliphatic rings. The molecule has 0 atom stereocenters. The number of ether oxygens (including phenoxy) is 1. The van der Waals surface area contributed by atoms with Gasteiger partial charge in [0, 0.05) is 0 Å². The fourth-order valence-corrected chi connectivity index (χ4v) is 2.35. The Labute approximate surface area is 116 Å². The normalized spacial score (nSPS) is 10.8. The first-order valence-electron chi connectivity index (χ1n) is 5.31. The van der Waals surface area contributed by atoms with Crippen LogP contribution >= 0.6 is 11.3 Å². The number of rotatable bonds is 3. The number of thiophene rings is 1. The highest BCUT2D eigenvalue weighted by Gasteiger charge is 2.39. The number of alkyl halides is 3. The number of carbonyl (C=O) groups is 2. The van der Waals surface area contributed by atoms with Crippen LogP contribution in [0, 0.1) is 18.3 Å². The van der Waals surface area contributed by atoms with Crippen molar-refractivity contribution in [1.29, 1.82) is 5.26 Å². The number of hydrogen-bond acceptors (Lipinski definition) is 5. The molecule has 108 valence electrons. The van der Waals surface area contributed by atoms with Gasteiger partial charge in [-0.05, 0) is 19.4 Å². The van der Waals surface area contributed by atoms with Crippen LogP contribution in [-0.4, -0.2) is 24.7 Å². The largest absolute Gasteiger partial charge is 0.471 e. The molecule has 0 saturated carbocycles. The second kappa shape index (κ2) is 5.92. The van der Waals surface area contributed by atoms with Crippen LogP contribution in [0.5, 0.6) is 0 Å². The first-order valence-corrected chi connectivity index (χ1v) is 6.12. The van der Waals surface area contributed by atoms with Gasteiger partial charge in [-0.3, -0.25) is 4.79 Å². The number of anilines is 1. The monoisotopic (exact) mass is 306 g/mol. The summed E-state index contributed by atoms with van der Waals surface area (Å²) in [6.07, 6.45) is -5.07. The molecule has 1 rings (SSSR count). The molecule has 0 aromatic carbocycles. The number of nitriles is 1. The van der Waals surface area contributed by atoms with E-state index in [4.69, 9.17) is 10.00 Å². The van der Waals surface area contributed by atoms with E-state index in [2.05, 4.69) is 0 Å². The standard InChI is InChI=1S/C11H9F3N2O3S/c1-3-19-9(17)7-5(2)6(4-15)8(20-7)16-10(18)11(12,13)14/h3H2,1-2H3,(H,16,18). The van der Waals surface area contributed by atoms with Crippen molar-refractivity contribution in [2.24, 2.45) is 0 Å². The Morgan fingerprint density at radius 1 is 1.45 bits per heavy atom. The molecule has 0 spiro atoms. The number of carbonyl (C=O) groups excluding carboxylic acids is 2. The lowest BCUT2D eigenvalue weighted by Gasteiger charge is -2.05. The SMILES string of the molecule is CCOC(=O)c1sc(NC(=O)C(F)(F)F)c(C#N)c1C. The van der Waals surface area contributed by atoms with Crippen LogP contribution in [0.2, 0.25) is 0 Å². The second-order valence-corrected chi connectivity index (χ2v) is 4.57. The summed E-state index contributed by atoms with van der Waals surface area (Å²) >= 11 is 0.574. The van der Waals surface area contributed by atoms with Gasteiger partial charge in [0.1, 0.15) is 15.9 Å². The molecule has 1 aromatic rings. The molecule has 0 radical (unpaired) electrons. The average molecular weight is 306 g/mol. The van der Waals surface area contributed by atoms with Crippen LogP contribution in [0.1, 0.15) is 27.7 Å². The summed E-state index contributed by atoms with van der Waals surface area (Å²) in [5, 5.41) is 10.2. The summed E-state index contributed by atoms with van der Waals surface area (Å²) in [4.78, 5) is 22.4. The van der Waals surface area contributed by atoms with Gasteiger partial charge in [-0.1, -0.05) is 0 Å². The quantitative estimate of drug-likeness (QED) is 0.871. The molecule has 9 heteroatoms. The van der Waals surface area contributed by atoms with E-state index in [9.17, 15) is 22.8 Å². The Morgan fingerprint density at radius 2 is 2.05 bits per heavy atom. The minimum atomic E-state index is -5.07. The van der Waals surface area contributed by atoms with Crippen LogP contribution in [0.4, 0.5) is 18.2 Å². The first kappa shape index (κ1) is 16.0. The Kier molecular flexibility index (Phi) is 4.73. The Bertz CT molecular complexity index is 587. The molecule has 1 aromatic heterocycles. The zero-order valence-electron chi connectivity index (χ0n) is 10.4. The zero-order chi connectivity index (χ0) is 15.5. The van der Waals surface area contributed by atoms with E-state index in [1.54, 1.807) is 18.3 Å². The maximum atomic E-state index is 12.2. The molecule has 0 fully saturated rings. The van der Waals surface area contributed by atoms with E-state index in [-0.39, 0.29) is 27.6 Å². The number of nitrogens with one attached hydrogen (secondary N) is 1. The third-order valence-corrected chi connectivity index (χ3v) is 3.39. The van der Waals surface area contributed by atoms with Crippen LogP contribution in [-0.2, 0) is 9.53 Å². The number of hydrogen-bond donors (Lipinski definition) is 1. The predicted octanol–water partition coefficient (Wildman–Crippen LogP) is 2.61. The minimum absolute atomic E-state index is 0.0131. The topological polar surface area (TPSA) is 79.2 Å². The van der Waals surface area contributed by atoms with E-state index in [0.717, 1.165) is 0 Å². The van der Waals surface area contributed by atoms with E-state index in [1.165, 1.54) is 6.92 Å². The van der Waals surface area contributed by atoms with E-state index >= 15 is 0 Å². The smallest absolute Gasteiger partial charge is 0.462 e. The number of amides is 1. The molecular weight excluding hydrogens is 297 g/mol. The molecule has 1 amide bonds. The van der Waals surface area contributed by atoms with Gasteiger partial charge in [0.15, 0.2) is 0 Å². The van der Waals surface area contributed by atoms with Crippen molar-refractivity contribution < 1.29 is 27.5 Å². The van der Waals surface area contributed by atoms with Gasteiger partial charge >= 0.3 is 18.1 Å². The molecule has 0 saturated heterocycles. The summed E-state index contributed by atoms with van der Waals surface area (Å²) in [7, 11) is 0. The van der Waals surface area contributed by atoms with Gasteiger partial charge in [0.05, 0.1) is 12.2 Å². The van der Waals surface area contributed by atoms with Gasteiger partial charge < -0.3 is 10.1 Å². The number of nitrogens with zero attached hydrogens (tertiary/aromatic N) is 1. The van der Waals surface area contributed by atoms with Crippen molar-refractivity contribution in [2.45, 2.75) is 20.0 Å². The highest BCUT2D eigenvalue weighted by Crippen LogP contribution is 2.34. The van der Waals surface area contributed by atoms with Crippen LogP contribution in [0.25, 0.3) is 0 Å². The van der Waals surface area contributed by atoms with Crippen LogP contribution in [0.15, 0.2) is 0 Å². The van der Waals surface area contributed by atoms with Crippen molar-refractivity contribution in [3.8, 4) is 6.07 Å². The highest BCUT2D eigenvalue weighted by atomic mass is 32.1. The van der Waals surface area contributed by atoms with Crippen molar-refractivity contribution in [3.05, 3.63) is 16.0 Å². The second-order valence-electron chi connectivity index (χ2n) is 3.54.